The van der Waals surface area contributed by atoms with Crippen LogP contribution in [0, 0.1) is 13.8 Å². The summed E-state index contributed by atoms with van der Waals surface area (Å²) in [5.74, 6) is 0.332. The molecule has 2 aromatic heterocycles. The smallest absolute Gasteiger partial charge is 0.233 e. The highest BCUT2D eigenvalue weighted by Crippen LogP contribution is 2.31. The van der Waals surface area contributed by atoms with E-state index >= 15 is 0 Å². The second kappa shape index (κ2) is 9.46. The van der Waals surface area contributed by atoms with Crippen LogP contribution in [-0.4, -0.2) is 63.2 Å². The summed E-state index contributed by atoms with van der Waals surface area (Å²) in [4.78, 5) is 20.0. The standard InChI is InChI=1S/C24H30N4O3S2/c1-5-18(4)27(20-11-12-33(30,31)15-20)21(29)14-32-24-25-22(19-9-7-6-8-10-19)23-16(2)13-17(3)26-28(23)24/h6-10,13,18,20H,5,11-12,14-15H2,1-4H3. The van der Waals surface area contributed by atoms with Crippen LogP contribution in [0.25, 0.3) is 16.8 Å². The molecule has 4 rings (SSSR count). The Morgan fingerprint density at radius 2 is 2.00 bits per heavy atom. The molecule has 3 heterocycles. The van der Waals surface area contributed by atoms with Crippen LogP contribution in [-0.2, 0) is 14.6 Å². The SMILES string of the molecule is CCC(C)N(C(=O)CSc1nc(-c2ccccc2)c2c(C)cc(C)nn12)C1CCS(=O)(=O)C1. The van der Waals surface area contributed by atoms with Gasteiger partial charge in [-0.2, -0.15) is 5.10 Å². The molecule has 0 N–H and O–H groups in total. The molecule has 33 heavy (non-hydrogen) atoms. The van der Waals surface area contributed by atoms with E-state index in [0.717, 1.165) is 34.5 Å². The number of aryl methyl sites for hydroxylation is 2. The van der Waals surface area contributed by atoms with E-state index in [1.54, 1.807) is 4.90 Å². The minimum absolute atomic E-state index is 0.0177. The zero-order valence-electron chi connectivity index (χ0n) is 19.5. The van der Waals surface area contributed by atoms with Gasteiger partial charge in [0, 0.05) is 17.6 Å². The number of benzene rings is 1. The first kappa shape index (κ1) is 23.8. The molecule has 0 radical (unpaired) electrons. The summed E-state index contributed by atoms with van der Waals surface area (Å²) in [6.07, 6.45) is 1.28. The summed E-state index contributed by atoms with van der Waals surface area (Å²) in [5, 5.41) is 5.34. The number of imidazole rings is 1. The van der Waals surface area contributed by atoms with Gasteiger partial charge < -0.3 is 4.90 Å². The van der Waals surface area contributed by atoms with E-state index in [4.69, 9.17) is 4.98 Å². The molecule has 9 heteroatoms. The molecular formula is C24H30N4O3S2. The molecule has 176 valence electrons. The van der Waals surface area contributed by atoms with Crippen molar-refractivity contribution in [3.05, 3.63) is 47.7 Å². The number of aromatic nitrogens is 3. The summed E-state index contributed by atoms with van der Waals surface area (Å²) in [6, 6.07) is 11.7. The number of sulfone groups is 1. The Morgan fingerprint density at radius 3 is 2.64 bits per heavy atom. The summed E-state index contributed by atoms with van der Waals surface area (Å²) in [6.45, 7) is 7.99. The minimum Gasteiger partial charge on any atom is -0.335 e. The molecule has 1 saturated heterocycles. The molecule has 1 amide bonds. The fraction of sp³-hybridized carbons (Fsp3) is 0.458. The van der Waals surface area contributed by atoms with Gasteiger partial charge in [0.25, 0.3) is 0 Å². The average Bonchev–Trinajstić information content (AvgIpc) is 3.32. The lowest BCUT2D eigenvalue weighted by Gasteiger charge is -2.33. The maximum atomic E-state index is 13.3. The lowest BCUT2D eigenvalue weighted by atomic mass is 10.1. The number of nitrogens with zero attached hydrogens (tertiary/aromatic N) is 4. The lowest BCUT2D eigenvalue weighted by Crippen LogP contribution is -2.47. The van der Waals surface area contributed by atoms with Crippen LogP contribution in [0.1, 0.15) is 37.9 Å². The van der Waals surface area contributed by atoms with Gasteiger partial charge in [0.15, 0.2) is 15.0 Å². The van der Waals surface area contributed by atoms with Gasteiger partial charge in [-0.1, -0.05) is 49.0 Å². The number of rotatable bonds is 7. The molecule has 1 aromatic carbocycles. The third-order valence-electron chi connectivity index (χ3n) is 6.21. The van der Waals surface area contributed by atoms with E-state index in [0.29, 0.717) is 11.6 Å². The lowest BCUT2D eigenvalue weighted by molar-refractivity contribution is -0.132. The largest absolute Gasteiger partial charge is 0.335 e. The van der Waals surface area contributed by atoms with Crippen LogP contribution < -0.4 is 0 Å². The molecule has 0 bridgehead atoms. The maximum Gasteiger partial charge on any atom is 0.233 e. The van der Waals surface area contributed by atoms with Crippen LogP contribution in [0.4, 0.5) is 0 Å². The maximum absolute atomic E-state index is 13.3. The quantitative estimate of drug-likeness (QED) is 0.471. The number of fused-ring (bicyclic) bond motifs is 1. The average molecular weight is 487 g/mol. The van der Waals surface area contributed by atoms with E-state index in [-0.39, 0.29) is 35.2 Å². The van der Waals surface area contributed by atoms with Crippen LogP contribution in [0.5, 0.6) is 0 Å². The van der Waals surface area contributed by atoms with Gasteiger partial charge in [-0.05, 0) is 45.2 Å². The van der Waals surface area contributed by atoms with Crippen molar-refractivity contribution in [1.82, 2.24) is 19.5 Å². The van der Waals surface area contributed by atoms with Crippen molar-refractivity contribution >= 4 is 33.0 Å². The third-order valence-corrected chi connectivity index (χ3v) is 8.87. The van der Waals surface area contributed by atoms with Gasteiger partial charge in [0.05, 0.1) is 34.2 Å². The van der Waals surface area contributed by atoms with Crippen molar-refractivity contribution in [2.24, 2.45) is 0 Å². The number of hydrogen-bond acceptors (Lipinski definition) is 6. The fourth-order valence-corrected chi connectivity index (χ4v) is 7.02. The highest BCUT2D eigenvalue weighted by atomic mass is 32.2. The van der Waals surface area contributed by atoms with Crippen molar-refractivity contribution in [2.45, 2.75) is 57.8 Å². The number of amides is 1. The first-order chi connectivity index (χ1) is 15.7. The van der Waals surface area contributed by atoms with E-state index in [1.165, 1.54) is 11.8 Å². The predicted octanol–water partition coefficient (Wildman–Crippen LogP) is 3.92. The van der Waals surface area contributed by atoms with Gasteiger partial charge in [-0.3, -0.25) is 4.79 Å². The van der Waals surface area contributed by atoms with Crippen molar-refractivity contribution in [2.75, 3.05) is 17.3 Å². The third kappa shape index (κ3) is 4.94. The van der Waals surface area contributed by atoms with Crippen molar-refractivity contribution in [1.29, 1.82) is 0 Å². The number of hydrogen-bond donors (Lipinski definition) is 0. The molecule has 2 unspecified atom stereocenters. The number of thioether (sulfide) groups is 1. The predicted molar refractivity (Wildman–Crippen MR) is 132 cm³/mol. The monoisotopic (exact) mass is 486 g/mol. The summed E-state index contributed by atoms with van der Waals surface area (Å²) in [5.41, 5.74) is 4.73. The number of carbonyl (C=O) groups is 1. The molecule has 0 aliphatic carbocycles. The van der Waals surface area contributed by atoms with Crippen LogP contribution in [0.3, 0.4) is 0 Å². The summed E-state index contributed by atoms with van der Waals surface area (Å²) in [7, 11) is -3.08. The van der Waals surface area contributed by atoms with Crippen LogP contribution >= 0.6 is 11.8 Å². The summed E-state index contributed by atoms with van der Waals surface area (Å²) >= 11 is 1.35. The van der Waals surface area contributed by atoms with E-state index in [9.17, 15) is 13.2 Å². The van der Waals surface area contributed by atoms with E-state index in [1.807, 2.05) is 68.6 Å². The van der Waals surface area contributed by atoms with Crippen molar-refractivity contribution in [3.8, 4) is 11.3 Å². The van der Waals surface area contributed by atoms with Gasteiger partial charge in [-0.25, -0.2) is 17.9 Å². The molecule has 3 aromatic rings. The second-order valence-electron chi connectivity index (χ2n) is 8.74. The second-order valence-corrected chi connectivity index (χ2v) is 11.9. The Bertz CT molecular complexity index is 1270. The zero-order chi connectivity index (χ0) is 23.8. The Balaban J connectivity index is 1.64. The Kier molecular flexibility index (Phi) is 6.81. The Hall–Kier alpha value is -2.39. The Labute approximate surface area is 199 Å². The Morgan fingerprint density at radius 1 is 1.27 bits per heavy atom. The minimum atomic E-state index is -3.08. The molecule has 1 aliphatic heterocycles. The van der Waals surface area contributed by atoms with Gasteiger partial charge >= 0.3 is 0 Å². The molecular weight excluding hydrogens is 456 g/mol. The highest BCUT2D eigenvalue weighted by molar-refractivity contribution is 7.99. The topological polar surface area (TPSA) is 84.6 Å². The van der Waals surface area contributed by atoms with Crippen LogP contribution in [0.15, 0.2) is 41.6 Å². The molecule has 2 atom stereocenters. The molecule has 1 fully saturated rings. The van der Waals surface area contributed by atoms with Gasteiger partial charge in [0.1, 0.15) is 0 Å². The normalized spacial score (nSPS) is 18.5. The zero-order valence-corrected chi connectivity index (χ0v) is 21.1. The van der Waals surface area contributed by atoms with Gasteiger partial charge in [0.2, 0.25) is 5.91 Å². The highest BCUT2D eigenvalue weighted by Gasteiger charge is 2.36. The molecule has 0 saturated carbocycles. The first-order valence-electron chi connectivity index (χ1n) is 11.3. The number of carbonyl (C=O) groups excluding carboxylic acids is 1. The van der Waals surface area contributed by atoms with Gasteiger partial charge in [-0.15, -0.1) is 0 Å². The fourth-order valence-electron chi connectivity index (χ4n) is 4.50. The molecule has 1 aliphatic rings. The first-order valence-corrected chi connectivity index (χ1v) is 14.1. The summed E-state index contributed by atoms with van der Waals surface area (Å²) < 4.78 is 25.9. The molecule has 0 spiro atoms. The van der Waals surface area contributed by atoms with E-state index < -0.39 is 9.84 Å². The van der Waals surface area contributed by atoms with E-state index in [2.05, 4.69) is 5.10 Å². The van der Waals surface area contributed by atoms with Crippen molar-refractivity contribution in [3.63, 3.8) is 0 Å². The van der Waals surface area contributed by atoms with Crippen molar-refractivity contribution < 1.29 is 13.2 Å². The molecule has 7 nitrogen and oxygen atoms in total. The van der Waals surface area contributed by atoms with Crippen LogP contribution in [0.2, 0.25) is 0 Å².